The van der Waals surface area contributed by atoms with E-state index in [1.807, 2.05) is 34.6 Å². The zero-order valence-electron chi connectivity index (χ0n) is 40.2. The van der Waals surface area contributed by atoms with Crippen molar-refractivity contribution in [2.45, 2.75) is 230 Å². The molecule has 66 heavy (non-hydrogen) atoms. The summed E-state index contributed by atoms with van der Waals surface area (Å²) in [6, 6.07) is 0. The van der Waals surface area contributed by atoms with Gasteiger partial charge >= 0.3 is 0 Å². The van der Waals surface area contributed by atoms with Crippen LogP contribution in [0, 0.1) is 45.3 Å². The van der Waals surface area contributed by atoms with Gasteiger partial charge in [0.1, 0.15) is 67.1 Å². The lowest BCUT2D eigenvalue weighted by atomic mass is 9.34. The first-order chi connectivity index (χ1) is 30.7. The summed E-state index contributed by atoms with van der Waals surface area (Å²) in [4.78, 5) is 0. The highest BCUT2D eigenvalue weighted by molar-refractivity contribution is 5.22. The molecule has 7 rings (SSSR count). The molecular weight excluding hydrogens is 865 g/mol. The van der Waals surface area contributed by atoms with Crippen LogP contribution in [0.15, 0.2) is 11.6 Å². The minimum atomic E-state index is -1.75. The van der Waals surface area contributed by atoms with Crippen LogP contribution in [0.3, 0.4) is 0 Å². The quantitative estimate of drug-likeness (QED) is 0.0904. The van der Waals surface area contributed by atoms with E-state index in [1.165, 1.54) is 6.92 Å². The number of aliphatic hydroxyl groups is 12. The van der Waals surface area contributed by atoms with Crippen molar-refractivity contribution in [1.82, 2.24) is 0 Å². The Labute approximate surface area is 388 Å². The Bertz CT molecular complexity index is 1700. The van der Waals surface area contributed by atoms with Gasteiger partial charge in [0.15, 0.2) is 18.9 Å². The van der Waals surface area contributed by atoms with Gasteiger partial charge in [-0.25, -0.2) is 0 Å². The van der Waals surface area contributed by atoms with Crippen LogP contribution in [0.1, 0.15) is 114 Å². The van der Waals surface area contributed by atoms with Gasteiger partial charge < -0.3 is 89.7 Å². The molecular formula is C48H82O18. The largest absolute Gasteiger partial charge is 0.394 e. The highest BCUT2D eigenvalue weighted by Gasteiger charge is 2.74. The fraction of sp³-hybridized carbons (Fsp3) is 0.958. The van der Waals surface area contributed by atoms with Crippen molar-refractivity contribution < 1.29 is 89.7 Å². The van der Waals surface area contributed by atoms with Crippen LogP contribution < -0.4 is 0 Å². The van der Waals surface area contributed by atoms with Crippen molar-refractivity contribution in [1.29, 1.82) is 0 Å². The standard InChI is InChI=1S/C48H82O18/c1-21(2)11-10-14-48(9,66-42-38(60)35(57)32(54)26(19-49)63-42)23-12-16-46(7)30(23)24(51)17-28-45(6)15-13-29(52)44(4,5)40(45)25(18-47(28,46)8)62-43-39(36(58)33(55)27(20-50)64-43)65-41-37(59)34(56)31(53)22(3)61-41/h11,22-43,49-60H,10,12-20H2,1-9H3/t22-,23-,24+,25-,26+,27+,28+,29-,30?,31-,32+,33+,34+,35-,36-,37+,38+,39+,40-,41-,42-,43+,45+,46+,47+,48-/m0/s1. The normalized spacial score (nSPS) is 53.5. The Balaban J connectivity index is 1.27. The van der Waals surface area contributed by atoms with Crippen molar-refractivity contribution in [3.8, 4) is 0 Å². The lowest BCUT2D eigenvalue weighted by Crippen LogP contribution is -2.71. The van der Waals surface area contributed by atoms with E-state index in [0.717, 1.165) is 5.57 Å². The Hall–Kier alpha value is -0.980. The van der Waals surface area contributed by atoms with E-state index in [-0.39, 0.29) is 23.7 Å². The monoisotopic (exact) mass is 947 g/mol. The minimum Gasteiger partial charge on any atom is -0.394 e. The second kappa shape index (κ2) is 19.2. The Morgan fingerprint density at radius 2 is 1.27 bits per heavy atom. The molecule has 0 spiro atoms. The maximum Gasteiger partial charge on any atom is 0.187 e. The molecule has 7 fully saturated rings. The average Bonchev–Trinajstić information content (AvgIpc) is 3.64. The highest BCUT2D eigenvalue weighted by atomic mass is 16.8. The molecule has 3 saturated heterocycles. The first-order valence-electron chi connectivity index (χ1n) is 24.3. The molecule has 7 aliphatic rings. The predicted octanol–water partition coefficient (Wildman–Crippen LogP) is -0.0284. The van der Waals surface area contributed by atoms with Gasteiger partial charge in [0, 0.05) is 0 Å². The van der Waals surface area contributed by atoms with E-state index < -0.39 is 151 Å². The topological polar surface area (TPSA) is 298 Å². The number of ether oxygens (including phenoxy) is 6. The maximum atomic E-state index is 12.7. The third kappa shape index (κ3) is 8.69. The van der Waals surface area contributed by atoms with Crippen LogP contribution in [0.2, 0.25) is 0 Å². The predicted molar refractivity (Wildman–Crippen MR) is 234 cm³/mol. The molecule has 0 amide bonds. The summed E-state index contributed by atoms with van der Waals surface area (Å²) in [5, 5.41) is 132. The van der Waals surface area contributed by atoms with Crippen LogP contribution in [0.25, 0.3) is 0 Å². The molecule has 0 aromatic heterocycles. The van der Waals surface area contributed by atoms with Crippen LogP contribution in [0.5, 0.6) is 0 Å². The van der Waals surface area contributed by atoms with Crippen LogP contribution in [-0.2, 0) is 28.4 Å². The van der Waals surface area contributed by atoms with Crippen molar-refractivity contribution in [3.05, 3.63) is 11.6 Å². The third-order valence-electron chi connectivity index (χ3n) is 18.7. The molecule has 4 aliphatic carbocycles. The molecule has 1 unspecified atom stereocenters. The lowest BCUT2D eigenvalue weighted by Gasteiger charge is -2.72. The van der Waals surface area contributed by atoms with Crippen molar-refractivity contribution in [3.63, 3.8) is 0 Å². The number of hydrogen-bond donors (Lipinski definition) is 12. The molecule has 26 atom stereocenters. The van der Waals surface area contributed by atoms with Crippen molar-refractivity contribution in [2.75, 3.05) is 13.2 Å². The van der Waals surface area contributed by atoms with E-state index >= 15 is 0 Å². The summed E-state index contributed by atoms with van der Waals surface area (Å²) in [6.45, 7) is 16.8. The zero-order chi connectivity index (χ0) is 48.8. The van der Waals surface area contributed by atoms with Gasteiger partial charge in [-0.2, -0.15) is 0 Å². The lowest BCUT2D eigenvalue weighted by molar-refractivity contribution is -0.382. The second-order valence-electron chi connectivity index (χ2n) is 23.0. The molecule has 0 bridgehead atoms. The summed E-state index contributed by atoms with van der Waals surface area (Å²) in [5.74, 6) is -1.12. The van der Waals surface area contributed by atoms with Gasteiger partial charge in [-0.05, 0) is 124 Å². The van der Waals surface area contributed by atoms with E-state index in [2.05, 4.69) is 26.8 Å². The minimum absolute atomic E-state index is 0.0861. The van der Waals surface area contributed by atoms with E-state index in [0.29, 0.717) is 51.4 Å². The Morgan fingerprint density at radius 3 is 1.89 bits per heavy atom. The van der Waals surface area contributed by atoms with Gasteiger partial charge in [-0.15, -0.1) is 0 Å². The van der Waals surface area contributed by atoms with Crippen LogP contribution >= 0.6 is 0 Å². The van der Waals surface area contributed by atoms with Gasteiger partial charge in [0.25, 0.3) is 0 Å². The third-order valence-corrected chi connectivity index (χ3v) is 18.7. The molecule has 4 saturated carbocycles. The molecule has 3 heterocycles. The van der Waals surface area contributed by atoms with E-state index in [4.69, 9.17) is 28.4 Å². The van der Waals surface area contributed by atoms with E-state index in [9.17, 15) is 61.3 Å². The summed E-state index contributed by atoms with van der Waals surface area (Å²) in [6.07, 6.45) is -18.3. The first kappa shape index (κ1) is 52.8. The second-order valence-corrected chi connectivity index (χ2v) is 23.0. The fourth-order valence-electron chi connectivity index (χ4n) is 14.9. The molecule has 382 valence electrons. The van der Waals surface area contributed by atoms with Crippen LogP contribution in [-0.4, -0.2) is 191 Å². The number of hydrogen-bond acceptors (Lipinski definition) is 18. The number of aliphatic hydroxyl groups excluding tert-OH is 12. The summed E-state index contributed by atoms with van der Waals surface area (Å²) in [7, 11) is 0. The molecule has 18 nitrogen and oxygen atoms in total. The fourth-order valence-corrected chi connectivity index (χ4v) is 14.9. The summed E-state index contributed by atoms with van der Waals surface area (Å²) >= 11 is 0. The molecule has 18 heteroatoms. The Kier molecular flexibility index (Phi) is 15.4. The van der Waals surface area contributed by atoms with Crippen LogP contribution in [0.4, 0.5) is 0 Å². The summed E-state index contributed by atoms with van der Waals surface area (Å²) < 4.78 is 38.1. The molecule has 12 N–H and O–H groups in total. The molecule has 0 aromatic carbocycles. The number of rotatable bonds is 12. The Morgan fingerprint density at radius 1 is 0.682 bits per heavy atom. The first-order valence-corrected chi connectivity index (χ1v) is 24.3. The highest BCUT2D eigenvalue weighted by Crippen LogP contribution is 2.76. The van der Waals surface area contributed by atoms with Gasteiger partial charge in [0.2, 0.25) is 0 Å². The zero-order valence-corrected chi connectivity index (χ0v) is 40.2. The molecule has 3 aliphatic heterocycles. The maximum absolute atomic E-state index is 12.7. The molecule has 0 radical (unpaired) electrons. The number of fused-ring (bicyclic) bond motifs is 5. The summed E-state index contributed by atoms with van der Waals surface area (Å²) in [5.41, 5.74) is -2.43. The smallest absolute Gasteiger partial charge is 0.187 e. The van der Waals surface area contributed by atoms with Gasteiger partial charge in [0.05, 0.1) is 43.2 Å². The SMILES string of the molecule is CC(C)=CCC[C@](C)(O[C@@H]1O[C@H](CO)[C@@H](O)[C@H](O)[C@H]1O)[C@H]1CC[C@]2(C)C1[C@H](O)C[C@@H]1[C@@]3(C)CC[C@H](O)C(C)(C)[C@@H]3[C@@H](O[C@@H]3O[C@H](CO)[C@@H](O)[C@H](O)[C@H]3O[C@@H]3O[C@@H](C)[C@H](O)[C@@H](O)[C@H]3O)C[C@]12C. The average molecular weight is 947 g/mol. The van der Waals surface area contributed by atoms with Crippen molar-refractivity contribution in [2.24, 2.45) is 45.3 Å². The number of allylic oxidation sites excluding steroid dienone is 2. The van der Waals surface area contributed by atoms with Gasteiger partial charge in [-0.3, -0.25) is 0 Å². The van der Waals surface area contributed by atoms with Gasteiger partial charge in [-0.1, -0.05) is 46.3 Å². The van der Waals surface area contributed by atoms with Crippen molar-refractivity contribution >= 4 is 0 Å². The van der Waals surface area contributed by atoms with E-state index in [1.54, 1.807) is 0 Å². The molecule has 0 aromatic rings.